The van der Waals surface area contributed by atoms with E-state index in [2.05, 4.69) is 0 Å². The first-order valence-corrected chi connectivity index (χ1v) is 7.41. The third kappa shape index (κ3) is 4.69. The molecule has 0 aliphatic heterocycles. The second kappa shape index (κ2) is 7.75. The van der Waals surface area contributed by atoms with Crippen molar-refractivity contribution in [2.75, 3.05) is 14.2 Å². The van der Waals surface area contributed by atoms with Gasteiger partial charge in [-0.15, -0.1) is 0 Å². The molecular formula is C14H22O4S. The highest BCUT2D eigenvalue weighted by Crippen LogP contribution is 2.17. The third-order valence-electron chi connectivity index (χ3n) is 3.09. The van der Waals surface area contributed by atoms with Gasteiger partial charge in [0, 0.05) is 25.5 Å². The second-order valence-corrected chi connectivity index (χ2v) is 6.33. The summed E-state index contributed by atoms with van der Waals surface area (Å²) in [6.07, 6.45) is -0.925. The molecule has 0 spiro atoms. The fraction of sp³-hybridized carbons (Fsp3) is 0.571. The number of methoxy groups -OCH3 is 2. The summed E-state index contributed by atoms with van der Waals surface area (Å²) in [7, 11) is 1.78. The molecule has 0 radical (unpaired) electrons. The molecule has 0 amide bonds. The van der Waals surface area contributed by atoms with Crippen molar-refractivity contribution in [3.05, 3.63) is 29.8 Å². The van der Waals surface area contributed by atoms with Gasteiger partial charge in [0.15, 0.2) is 6.29 Å². The normalized spacial score (nSPS) is 16.3. The first-order chi connectivity index (χ1) is 8.99. The summed E-state index contributed by atoms with van der Waals surface area (Å²) < 4.78 is 22.4. The highest BCUT2D eigenvalue weighted by molar-refractivity contribution is 7.85. The maximum Gasteiger partial charge on any atom is 0.159 e. The van der Waals surface area contributed by atoms with E-state index in [-0.39, 0.29) is 5.25 Å². The summed E-state index contributed by atoms with van der Waals surface area (Å²) in [4.78, 5) is 0.725. The predicted octanol–water partition coefficient (Wildman–Crippen LogP) is 1.86. The Labute approximate surface area is 117 Å². The number of rotatable bonds is 7. The lowest BCUT2D eigenvalue weighted by molar-refractivity contribution is -0.122. The van der Waals surface area contributed by atoms with Gasteiger partial charge < -0.3 is 14.6 Å². The van der Waals surface area contributed by atoms with Crippen LogP contribution >= 0.6 is 0 Å². The largest absolute Gasteiger partial charge is 0.392 e. The summed E-state index contributed by atoms with van der Waals surface area (Å²) in [6, 6.07) is 7.50. The fourth-order valence-corrected chi connectivity index (χ4v) is 2.94. The average Bonchev–Trinajstić information content (AvgIpc) is 2.43. The molecule has 19 heavy (non-hydrogen) atoms. The molecular weight excluding hydrogens is 264 g/mol. The molecule has 5 heteroatoms. The lowest BCUT2D eigenvalue weighted by atomic mass is 10.2. The quantitative estimate of drug-likeness (QED) is 0.777. The van der Waals surface area contributed by atoms with E-state index in [1.54, 1.807) is 6.92 Å². The molecule has 1 unspecified atom stereocenters. The van der Waals surface area contributed by atoms with Gasteiger partial charge in [0.1, 0.15) is 0 Å². The van der Waals surface area contributed by atoms with Crippen molar-refractivity contribution in [2.45, 2.75) is 42.8 Å². The van der Waals surface area contributed by atoms with Gasteiger partial charge in [0.2, 0.25) is 0 Å². The minimum absolute atomic E-state index is 0.297. The van der Waals surface area contributed by atoms with E-state index in [9.17, 15) is 9.32 Å². The van der Waals surface area contributed by atoms with Gasteiger partial charge in [-0.2, -0.15) is 0 Å². The van der Waals surface area contributed by atoms with E-state index in [0.717, 1.165) is 10.5 Å². The zero-order chi connectivity index (χ0) is 14.4. The minimum Gasteiger partial charge on any atom is -0.392 e. The van der Waals surface area contributed by atoms with Crippen LogP contribution in [0.2, 0.25) is 0 Å². The molecule has 0 saturated carbocycles. The molecule has 1 aromatic rings. The van der Waals surface area contributed by atoms with Crippen molar-refractivity contribution in [3.63, 3.8) is 0 Å². The van der Waals surface area contributed by atoms with Crippen LogP contribution in [0.3, 0.4) is 0 Å². The summed E-state index contributed by atoms with van der Waals surface area (Å²) in [6.45, 7) is 3.75. The maximum absolute atomic E-state index is 12.3. The molecule has 1 N–H and O–H groups in total. The van der Waals surface area contributed by atoms with Crippen LogP contribution in [0.5, 0.6) is 0 Å². The number of aryl methyl sites for hydroxylation is 1. The Morgan fingerprint density at radius 3 is 2.21 bits per heavy atom. The highest BCUT2D eigenvalue weighted by Gasteiger charge is 2.25. The maximum atomic E-state index is 12.3. The van der Waals surface area contributed by atoms with Crippen LogP contribution in [-0.4, -0.2) is 41.2 Å². The summed E-state index contributed by atoms with van der Waals surface area (Å²) in [5.41, 5.74) is 1.12. The number of hydrogen-bond acceptors (Lipinski definition) is 4. The van der Waals surface area contributed by atoms with Gasteiger partial charge in [0.05, 0.1) is 22.2 Å². The zero-order valence-electron chi connectivity index (χ0n) is 11.8. The Morgan fingerprint density at radius 1 is 1.21 bits per heavy atom. The number of ether oxygens (including phenoxy) is 2. The summed E-state index contributed by atoms with van der Waals surface area (Å²) >= 11 is 0. The molecule has 0 saturated heterocycles. The van der Waals surface area contributed by atoms with Gasteiger partial charge in [-0.3, -0.25) is 4.21 Å². The standard InChI is InChI=1S/C14H22O4S/c1-10-5-7-12(8-6-10)19(16)11(2)13(15)9-14(17-3)18-4/h5-8,11,13-15H,9H2,1-4H3/t11-,13-,19?/m1/s1. The van der Waals surface area contributed by atoms with Gasteiger partial charge in [0.25, 0.3) is 0 Å². The van der Waals surface area contributed by atoms with Crippen LogP contribution in [0.15, 0.2) is 29.2 Å². The van der Waals surface area contributed by atoms with Gasteiger partial charge >= 0.3 is 0 Å². The average molecular weight is 286 g/mol. The Kier molecular flexibility index (Phi) is 6.65. The smallest absolute Gasteiger partial charge is 0.159 e. The molecule has 0 fully saturated rings. The molecule has 4 nitrogen and oxygen atoms in total. The second-order valence-electron chi connectivity index (χ2n) is 4.52. The summed E-state index contributed by atoms with van der Waals surface area (Å²) in [5.74, 6) is 0. The highest BCUT2D eigenvalue weighted by atomic mass is 32.2. The minimum atomic E-state index is -1.25. The van der Waals surface area contributed by atoms with Crippen LogP contribution in [0.4, 0.5) is 0 Å². The van der Waals surface area contributed by atoms with Crippen LogP contribution < -0.4 is 0 Å². The lowest BCUT2D eigenvalue weighted by Crippen LogP contribution is -2.32. The third-order valence-corrected chi connectivity index (χ3v) is 4.82. The van der Waals surface area contributed by atoms with E-state index in [1.807, 2.05) is 31.2 Å². The number of aliphatic hydroxyl groups excluding tert-OH is 1. The Balaban J connectivity index is 2.68. The van der Waals surface area contributed by atoms with E-state index >= 15 is 0 Å². The monoisotopic (exact) mass is 286 g/mol. The fourth-order valence-electron chi connectivity index (χ4n) is 1.71. The molecule has 1 rings (SSSR count). The first kappa shape index (κ1) is 16.3. The van der Waals surface area contributed by atoms with Gasteiger partial charge in [-0.1, -0.05) is 17.7 Å². The van der Waals surface area contributed by atoms with E-state index < -0.39 is 23.2 Å². The van der Waals surface area contributed by atoms with Crippen molar-refractivity contribution in [2.24, 2.45) is 0 Å². The van der Waals surface area contributed by atoms with Crippen LogP contribution in [0.1, 0.15) is 18.9 Å². The van der Waals surface area contributed by atoms with Crippen LogP contribution in [-0.2, 0) is 20.3 Å². The molecule has 3 atom stereocenters. The number of aliphatic hydroxyl groups is 1. The molecule has 0 heterocycles. The zero-order valence-corrected chi connectivity index (χ0v) is 12.6. The molecule has 0 aliphatic carbocycles. The SMILES string of the molecule is COC(C[C@@H](O)[C@@H](C)S(=O)c1ccc(C)cc1)OC. The molecule has 1 aromatic carbocycles. The Morgan fingerprint density at radius 2 is 1.74 bits per heavy atom. The Hall–Kier alpha value is -0.750. The number of hydrogen-bond donors (Lipinski definition) is 1. The predicted molar refractivity (Wildman–Crippen MR) is 75.5 cm³/mol. The number of benzene rings is 1. The summed E-state index contributed by atoms with van der Waals surface area (Å²) in [5, 5.41) is 9.70. The van der Waals surface area contributed by atoms with E-state index in [0.29, 0.717) is 6.42 Å². The Bertz CT molecular complexity index is 400. The van der Waals surface area contributed by atoms with Crippen molar-refractivity contribution in [3.8, 4) is 0 Å². The van der Waals surface area contributed by atoms with Gasteiger partial charge in [-0.25, -0.2) is 0 Å². The van der Waals surface area contributed by atoms with Crippen molar-refractivity contribution in [1.82, 2.24) is 0 Å². The molecule has 0 aromatic heterocycles. The topological polar surface area (TPSA) is 55.8 Å². The van der Waals surface area contributed by atoms with Crippen LogP contribution in [0.25, 0.3) is 0 Å². The molecule has 0 aliphatic rings. The lowest BCUT2D eigenvalue weighted by Gasteiger charge is -2.22. The van der Waals surface area contributed by atoms with E-state index in [1.165, 1.54) is 14.2 Å². The van der Waals surface area contributed by atoms with Gasteiger partial charge in [-0.05, 0) is 26.0 Å². The van der Waals surface area contributed by atoms with E-state index in [4.69, 9.17) is 9.47 Å². The van der Waals surface area contributed by atoms with Crippen LogP contribution in [0, 0.1) is 6.92 Å². The molecule has 0 bridgehead atoms. The molecule has 108 valence electrons. The first-order valence-electron chi connectivity index (χ1n) is 6.20. The van der Waals surface area contributed by atoms with Crippen molar-refractivity contribution in [1.29, 1.82) is 0 Å². The van der Waals surface area contributed by atoms with Crippen molar-refractivity contribution < 1.29 is 18.8 Å². The van der Waals surface area contributed by atoms with Crippen molar-refractivity contribution >= 4 is 10.8 Å².